The van der Waals surface area contributed by atoms with Gasteiger partial charge in [0, 0.05) is 12.1 Å². The number of hydrogen-bond acceptors (Lipinski definition) is 6. The van der Waals surface area contributed by atoms with Crippen molar-refractivity contribution < 1.29 is 18.6 Å². The molecule has 2 aromatic heterocycles. The van der Waals surface area contributed by atoms with E-state index in [1.54, 1.807) is 6.07 Å². The lowest BCUT2D eigenvalue weighted by Crippen LogP contribution is -2.05. The maximum absolute atomic E-state index is 12.5. The zero-order chi connectivity index (χ0) is 15.7. The average molecular weight is 318 g/mol. The van der Waals surface area contributed by atoms with Crippen molar-refractivity contribution in [1.29, 1.82) is 0 Å². The van der Waals surface area contributed by atoms with E-state index in [0.717, 1.165) is 4.88 Å². The van der Waals surface area contributed by atoms with Crippen molar-refractivity contribution in [1.82, 2.24) is 0 Å². The number of fused-ring (bicyclic) bond motifs is 1. The third kappa shape index (κ3) is 2.21. The van der Waals surface area contributed by atoms with E-state index in [-0.39, 0.29) is 5.43 Å². The Kier molecular flexibility index (Phi) is 3.77. The molecule has 0 unspecified atom stereocenters. The summed E-state index contributed by atoms with van der Waals surface area (Å²) < 4.78 is 21.8. The molecule has 3 aromatic rings. The second-order valence-corrected chi connectivity index (χ2v) is 5.42. The first-order chi connectivity index (χ1) is 10.7. The summed E-state index contributed by atoms with van der Waals surface area (Å²) in [5, 5.41) is 2.26. The van der Waals surface area contributed by atoms with Crippen molar-refractivity contribution in [3.05, 3.63) is 39.9 Å². The molecule has 22 heavy (non-hydrogen) atoms. The number of hydrogen-bond donors (Lipinski definition) is 0. The summed E-state index contributed by atoms with van der Waals surface area (Å²) in [6.45, 7) is 0. The highest BCUT2D eigenvalue weighted by Gasteiger charge is 2.20. The highest BCUT2D eigenvalue weighted by Crippen LogP contribution is 2.42. The fourth-order valence-corrected chi connectivity index (χ4v) is 3.00. The van der Waals surface area contributed by atoms with Crippen LogP contribution in [0.15, 0.2) is 38.9 Å². The number of methoxy groups -OCH3 is 3. The van der Waals surface area contributed by atoms with Crippen LogP contribution in [0.1, 0.15) is 0 Å². The zero-order valence-corrected chi connectivity index (χ0v) is 13.2. The van der Waals surface area contributed by atoms with E-state index >= 15 is 0 Å². The van der Waals surface area contributed by atoms with Crippen LogP contribution in [0.5, 0.6) is 17.2 Å². The molecule has 0 amide bonds. The standard InChI is InChI=1S/C16H14O5S/c1-18-12-8-11-14(16(20-3)15(12)19-2)9(17)7-10(21-11)13-5-4-6-22-13/h4-8H,1-3H3. The van der Waals surface area contributed by atoms with Crippen molar-refractivity contribution >= 4 is 22.3 Å². The summed E-state index contributed by atoms with van der Waals surface area (Å²) >= 11 is 1.50. The van der Waals surface area contributed by atoms with E-state index in [1.165, 1.54) is 38.7 Å². The van der Waals surface area contributed by atoms with Gasteiger partial charge < -0.3 is 18.6 Å². The Balaban J connectivity index is 2.37. The van der Waals surface area contributed by atoms with Crippen LogP contribution in [0.3, 0.4) is 0 Å². The minimum atomic E-state index is -0.192. The average Bonchev–Trinajstić information content (AvgIpc) is 3.07. The molecule has 0 atom stereocenters. The lowest BCUT2D eigenvalue weighted by Gasteiger charge is -2.14. The molecule has 0 saturated carbocycles. The molecule has 114 valence electrons. The van der Waals surface area contributed by atoms with Crippen LogP contribution >= 0.6 is 11.3 Å². The largest absolute Gasteiger partial charge is 0.493 e. The summed E-state index contributed by atoms with van der Waals surface area (Å²) in [6, 6.07) is 6.89. The maximum Gasteiger partial charge on any atom is 0.204 e. The molecular formula is C16H14O5S. The van der Waals surface area contributed by atoms with Gasteiger partial charge in [-0.2, -0.15) is 0 Å². The molecule has 0 fully saturated rings. The summed E-state index contributed by atoms with van der Waals surface area (Å²) in [7, 11) is 4.49. The fraction of sp³-hybridized carbons (Fsp3) is 0.188. The quantitative estimate of drug-likeness (QED) is 0.736. The van der Waals surface area contributed by atoms with E-state index in [4.69, 9.17) is 18.6 Å². The third-order valence-corrected chi connectivity index (χ3v) is 4.17. The third-order valence-electron chi connectivity index (χ3n) is 3.29. The SMILES string of the molecule is COc1cc2oc(-c3cccs3)cc(=O)c2c(OC)c1OC. The zero-order valence-electron chi connectivity index (χ0n) is 12.3. The van der Waals surface area contributed by atoms with Gasteiger partial charge in [0.1, 0.15) is 16.7 Å². The summed E-state index contributed by atoms with van der Waals surface area (Å²) in [4.78, 5) is 13.4. The van der Waals surface area contributed by atoms with Crippen molar-refractivity contribution in [3.63, 3.8) is 0 Å². The normalized spacial score (nSPS) is 10.7. The molecule has 3 rings (SSSR count). The number of benzene rings is 1. The molecular weight excluding hydrogens is 304 g/mol. The summed E-state index contributed by atoms with van der Waals surface area (Å²) in [6.07, 6.45) is 0. The maximum atomic E-state index is 12.5. The lowest BCUT2D eigenvalue weighted by molar-refractivity contribution is 0.326. The molecule has 6 heteroatoms. The highest BCUT2D eigenvalue weighted by atomic mass is 32.1. The van der Waals surface area contributed by atoms with E-state index in [2.05, 4.69) is 0 Å². The minimum absolute atomic E-state index is 0.192. The van der Waals surface area contributed by atoms with Gasteiger partial charge in [-0.15, -0.1) is 11.3 Å². The molecule has 0 radical (unpaired) electrons. The van der Waals surface area contributed by atoms with Crippen LogP contribution in [0.25, 0.3) is 21.6 Å². The molecule has 0 aliphatic carbocycles. The van der Waals surface area contributed by atoms with Crippen LogP contribution in [0.2, 0.25) is 0 Å². The number of rotatable bonds is 4. The van der Waals surface area contributed by atoms with E-state index in [9.17, 15) is 4.79 Å². The van der Waals surface area contributed by atoms with Crippen LogP contribution in [-0.2, 0) is 0 Å². The molecule has 1 aromatic carbocycles. The van der Waals surface area contributed by atoms with Gasteiger partial charge >= 0.3 is 0 Å². The molecule has 0 aliphatic heterocycles. The van der Waals surface area contributed by atoms with Crippen molar-refractivity contribution in [2.24, 2.45) is 0 Å². The first kappa shape index (κ1) is 14.5. The van der Waals surface area contributed by atoms with Crippen LogP contribution < -0.4 is 19.6 Å². The summed E-state index contributed by atoms with van der Waals surface area (Å²) in [5.41, 5.74) is 0.202. The lowest BCUT2D eigenvalue weighted by atomic mass is 10.1. The second kappa shape index (κ2) is 5.73. The van der Waals surface area contributed by atoms with Gasteiger partial charge in [0.25, 0.3) is 0 Å². The van der Waals surface area contributed by atoms with Crippen LogP contribution in [-0.4, -0.2) is 21.3 Å². The van der Waals surface area contributed by atoms with Crippen LogP contribution in [0, 0.1) is 0 Å². The minimum Gasteiger partial charge on any atom is -0.493 e. The molecule has 0 N–H and O–H groups in total. The number of ether oxygens (including phenoxy) is 3. The van der Waals surface area contributed by atoms with Gasteiger partial charge in [0.2, 0.25) is 5.75 Å². The molecule has 2 heterocycles. The van der Waals surface area contributed by atoms with E-state index in [0.29, 0.717) is 34.0 Å². The van der Waals surface area contributed by atoms with Gasteiger partial charge in [-0.1, -0.05) is 6.07 Å². The van der Waals surface area contributed by atoms with Gasteiger partial charge in [-0.05, 0) is 11.4 Å². The Morgan fingerprint density at radius 1 is 1.05 bits per heavy atom. The smallest absolute Gasteiger partial charge is 0.204 e. The fourth-order valence-electron chi connectivity index (χ4n) is 2.33. The topological polar surface area (TPSA) is 57.9 Å². The highest BCUT2D eigenvalue weighted by molar-refractivity contribution is 7.13. The van der Waals surface area contributed by atoms with Crippen molar-refractivity contribution in [3.8, 4) is 27.9 Å². The predicted molar refractivity (Wildman–Crippen MR) is 85.5 cm³/mol. The Morgan fingerprint density at radius 3 is 2.41 bits per heavy atom. The van der Waals surface area contributed by atoms with E-state index in [1.807, 2.05) is 17.5 Å². The second-order valence-electron chi connectivity index (χ2n) is 4.47. The first-order valence-corrected chi connectivity index (χ1v) is 7.38. The van der Waals surface area contributed by atoms with Crippen molar-refractivity contribution in [2.75, 3.05) is 21.3 Å². The molecule has 0 bridgehead atoms. The molecule has 0 saturated heterocycles. The summed E-state index contributed by atoms with van der Waals surface area (Å²) in [5.74, 6) is 1.64. The van der Waals surface area contributed by atoms with Crippen molar-refractivity contribution in [2.45, 2.75) is 0 Å². The van der Waals surface area contributed by atoms with Crippen LogP contribution in [0.4, 0.5) is 0 Å². The van der Waals surface area contributed by atoms with E-state index < -0.39 is 0 Å². The Labute approximate surface area is 130 Å². The number of thiophene rings is 1. The molecule has 5 nitrogen and oxygen atoms in total. The monoisotopic (exact) mass is 318 g/mol. The molecule has 0 spiro atoms. The predicted octanol–water partition coefficient (Wildman–Crippen LogP) is 3.55. The van der Waals surface area contributed by atoms with Gasteiger partial charge in [0.15, 0.2) is 16.9 Å². The van der Waals surface area contributed by atoms with Gasteiger partial charge in [-0.3, -0.25) is 4.79 Å². The van der Waals surface area contributed by atoms with Gasteiger partial charge in [-0.25, -0.2) is 0 Å². The first-order valence-electron chi connectivity index (χ1n) is 6.50. The Bertz CT molecular complexity index is 864. The van der Waals surface area contributed by atoms with Gasteiger partial charge in [0.05, 0.1) is 26.2 Å². The Morgan fingerprint density at radius 2 is 1.82 bits per heavy atom. The Hall–Kier alpha value is -2.47. The molecule has 0 aliphatic rings.